The van der Waals surface area contributed by atoms with Crippen molar-refractivity contribution >= 4 is 40.7 Å². The number of rotatable bonds is 6. The predicted octanol–water partition coefficient (Wildman–Crippen LogP) is 3.84. The Morgan fingerprint density at radius 2 is 1.94 bits per heavy atom. The van der Waals surface area contributed by atoms with E-state index in [1.165, 1.54) is 0 Å². The lowest BCUT2D eigenvalue weighted by Gasteiger charge is -2.34. The third-order valence-electron chi connectivity index (χ3n) is 5.78. The molecule has 1 amide bonds. The SMILES string of the molecule is CCc1cc(Cl)ncc1-c1c(Cl)c(C(=O)NCC2(O)CCC(C)CC2)nn1CC.O=S=O. The highest BCUT2D eigenvalue weighted by Gasteiger charge is 2.33. The van der Waals surface area contributed by atoms with E-state index in [4.69, 9.17) is 31.6 Å². The molecule has 1 aliphatic carbocycles. The lowest BCUT2D eigenvalue weighted by atomic mass is 9.79. The summed E-state index contributed by atoms with van der Waals surface area (Å²) in [6.45, 7) is 6.90. The van der Waals surface area contributed by atoms with Gasteiger partial charge in [0, 0.05) is 24.8 Å². The van der Waals surface area contributed by atoms with E-state index in [-0.39, 0.29) is 23.2 Å². The van der Waals surface area contributed by atoms with Crippen LogP contribution in [0.2, 0.25) is 10.2 Å². The number of nitrogens with zero attached hydrogens (tertiary/aromatic N) is 3. The van der Waals surface area contributed by atoms with Gasteiger partial charge in [-0.2, -0.15) is 13.5 Å². The van der Waals surface area contributed by atoms with Crippen LogP contribution in [-0.2, 0) is 24.5 Å². The summed E-state index contributed by atoms with van der Waals surface area (Å²) >= 11 is 11.9. The number of hydrogen-bond donors (Lipinski definition) is 2. The molecule has 0 bridgehead atoms. The number of aryl methyl sites for hydroxylation is 2. The van der Waals surface area contributed by atoms with Crippen LogP contribution < -0.4 is 5.32 Å². The summed E-state index contributed by atoms with van der Waals surface area (Å²) in [5.41, 5.74) is 1.76. The first-order valence-electron chi connectivity index (χ1n) is 10.5. The second kappa shape index (κ2) is 11.9. The van der Waals surface area contributed by atoms with Crippen LogP contribution in [0.3, 0.4) is 0 Å². The monoisotopic (exact) mass is 502 g/mol. The van der Waals surface area contributed by atoms with Gasteiger partial charge in [-0.15, -0.1) is 0 Å². The van der Waals surface area contributed by atoms with Crippen molar-refractivity contribution in [2.45, 2.75) is 65.0 Å². The zero-order valence-corrected chi connectivity index (χ0v) is 20.7. The highest BCUT2D eigenvalue weighted by atomic mass is 35.5. The Kier molecular flexibility index (Phi) is 9.82. The molecule has 0 aliphatic heterocycles. The summed E-state index contributed by atoms with van der Waals surface area (Å²) in [6.07, 6.45) is 5.72. The van der Waals surface area contributed by atoms with Gasteiger partial charge in [0.1, 0.15) is 5.15 Å². The minimum Gasteiger partial charge on any atom is -0.388 e. The van der Waals surface area contributed by atoms with Crippen molar-refractivity contribution in [2.75, 3.05) is 6.54 Å². The Hall–Kier alpha value is -1.81. The fraction of sp³-hybridized carbons (Fsp3) is 0.571. The van der Waals surface area contributed by atoms with Crippen molar-refractivity contribution in [3.8, 4) is 11.3 Å². The molecule has 176 valence electrons. The molecular formula is C21H28Cl2N4O4S. The molecule has 2 aromatic rings. The minimum absolute atomic E-state index is 0.160. The van der Waals surface area contributed by atoms with E-state index in [0.717, 1.165) is 30.4 Å². The Morgan fingerprint density at radius 1 is 1.31 bits per heavy atom. The maximum absolute atomic E-state index is 12.8. The van der Waals surface area contributed by atoms with E-state index in [0.29, 0.717) is 36.2 Å². The van der Waals surface area contributed by atoms with E-state index in [1.807, 2.05) is 13.8 Å². The van der Waals surface area contributed by atoms with Crippen LogP contribution in [-0.4, -0.2) is 46.3 Å². The Morgan fingerprint density at radius 3 is 2.50 bits per heavy atom. The van der Waals surface area contributed by atoms with E-state index in [2.05, 4.69) is 22.3 Å². The van der Waals surface area contributed by atoms with Crippen molar-refractivity contribution in [3.05, 3.63) is 33.7 Å². The zero-order valence-electron chi connectivity index (χ0n) is 18.4. The highest BCUT2D eigenvalue weighted by molar-refractivity contribution is 7.51. The standard InChI is InChI=1S/C21H28Cl2N4O2.O2S/c1-4-14-10-16(22)24-11-15(14)19-17(23)18(26-27(19)5-2)20(28)25-12-21(29)8-6-13(3)7-9-21;1-3-2/h10-11,13,29H,4-9,12H2,1-3H3,(H,25,28);. The summed E-state index contributed by atoms with van der Waals surface area (Å²) in [5, 5.41) is 18.7. The minimum atomic E-state index is -0.861. The molecule has 0 unspecified atom stereocenters. The van der Waals surface area contributed by atoms with Gasteiger partial charge in [-0.3, -0.25) is 9.48 Å². The molecule has 2 heterocycles. The molecule has 1 aliphatic rings. The smallest absolute Gasteiger partial charge is 0.335 e. The van der Waals surface area contributed by atoms with E-state index in [1.54, 1.807) is 16.9 Å². The van der Waals surface area contributed by atoms with Gasteiger partial charge in [0.15, 0.2) is 5.69 Å². The topological polar surface area (TPSA) is 114 Å². The normalized spacial score (nSPS) is 20.2. The van der Waals surface area contributed by atoms with Crippen LogP contribution in [0.25, 0.3) is 11.3 Å². The lowest BCUT2D eigenvalue weighted by molar-refractivity contribution is -0.00544. The number of aliphatic hydroxyl groups is 1. The lowest BCUT2D eigenvalue weighted by Crippen LogP contribution is -2.45. The summed E-state index contributed by atoms with van der Waals surface area (Å²) in [7, 11) is 0. The number of carbonyl (C=O) groups is 1. The quantitative estimate of drug-likeness (QED) is 0.579. The molecule has 3 rings (SSSR count). The largest absolute Gasteiger partial charge is 0.388 e. The van der Waals surface area contributed by atoms with Crippen molar-refractivity contribution in [1.29, 1.82) is 0 Å². The first kappa shape index (κ1) is 26.4. The van der Waals surface area contributed by atoms with Gasteiger partial charge >= 0.3 is 11.6 Å². The van der Waals surface area contributed by atoms with E-state index < -0.39 is 17.2 Å². The van der Waals surface area contributed by atoms with Crippen LogP contribution in [0.1, 0.15) is 62.5 Å². The molecular weight excluding hydrogens is 475 g/mol. The molecule has 1 fully saturated rings. The summed E-state index contributed by atoms with van der Waals surface area (Å²) in [4.78, 5) is 17.0. The number of nitrogens with one attached hydrogen (secondary N) is 1. The number of halogens is 2. The van der Waals surface area contributed by atoms with Crippen molar-refractivity contribution < 1.29 is 18.3 Å². The summed E-state index contributed by atoms with van der Waals surface area (Å²) in [5.74, 6) is 0.236. The van der Waals surface area contributed by atoms with Crippen LogP contribution in [0.4, 0.5) is 0 Å². The maximum Gasteiger partial charge on any atom is 0.335 e. The molecule has 0 radical (unpaired) electrons. The van der Waals surface area contributed by atoms with E-state index >= 15 is 0 Å². The van der Waals surface area contributed by atoms with Gasteiger partial charge < -0.3 is 10.4 Å². The molecule has 0 aromatic carbocycles. The first-order chi connectivity index (χ1) is 15.2. The van der Waals surface area contributed by atoms with Crippen LogP contribution in [0.5, 0.6) is 0 Å². The molecule has 2 aromatic heterocycles. The van der Waals surface area contributed by atoms with Gasteiger partial charge in [0.2, 0.25) is 0 Å². The maximum atomic E-state index is 12.8. The molecule has 2 N–H and O–H groups in total. The van der Waals surface area contributed by atoms with Crippen LogP contribution in [0.15, 0.2) is 12.3 Å². The Labute approximate surface area is 201 Å². The third-order valence-corrected chi connectivity index (χ3v) is 6.35. The van der Waals surface area contributed by atoms with Crippen LogP contribution in [0, 0.1) is 5.92 Å². The van der Waals surface area contributed by atoms with Gasteiger partial charge in [0.25, 0.3) is 5.91 Å². The van der Waals surface area contributed by atoms with Gasteiger partial charge in [-0.1, -0.05) is 37.0 Å². The van der Waals surface area contributed by atoms with Gasteiger partial charge in [-0.05, 0) is 56.6 Å². The number of hydrogen-bond acceptors (Lipinski definition) is 6. The number of carbonyl (C=O) groups excluding carboxylic acids is 1. The second-order valence-electron chi connectivity index (χ2n) is 8.00. The Bertz CT molecular complexity index is 984. The highest BCUT2D eigenvalue weighted by Crippen LogP contribution is 2.35. The summed E-state index contributed by atoms with van der Waals surface area (Å²) < 4.78 is 18.3. The second-order valence-corrected chi connectivity index (χ2v) is 8.90. The molecule has 0 saturated heterocycles. The number of pyridine rings is 1. The molecule has 0 spiro atoms. The zero-order chi connectivity index (χ0) is 23.9. The number of amides is 1. The van der Waals surface area contributed by atoms with Gasteiger partial charge in [-0.25, -0.2) is 4.98 Å². The number of aromatic nitrogens is 3. The predicted molar refractivity (Wildman–Crippen MR) is 124 cm³/mol. The van der Waals surface area contributed by atoms with Crippen molar-refractivity contribution in [1.82, 2.24) is 20.1 Å². The molecule has 32 heavy (non-hydrogen) atoms. The Balaban J connectivity index is 0.00000114. The van der Waals surface area contributed by atoms with Gasteiger partial charge in [0.05, 0.1) is 16.3 Å². The fourth-order valence-electron chi connectivity index (χ4n) is 3.85. The average Bonchev–Trinajstić information content (AvgIpc) is 3.11. The molecule has 8 nitrogen and oxygen atoms in total. The first-order valence-corrected chi connectivity index (χ1v) is 11.9. The molecule has 11 heteroatoms. The fourth-order valence-corrected chi connectivity index (χ4v) is 4.35. The van der Waals surface area contributed by atoms with Crippen molar-refractivity contribution in [3.63, 3.8) is 0 Å². The summed E-state index contributed by atoms with van der Waals surface area (Å²) in [6, 6.07) is 1.81. The van der Waals surface area contributed by atoms with Crippen molar-refractivity contribution in [2.24, 2.45) is 5.92 Å². The third kappa shape index (κ3) is 6.37. The molecule has 1 saturated carbocycles. The van der Waals surface area contributed by atoms with Crippen LogP contribution >= 0.6 is 23.2 Å². The van der Waals surface area contributed by atoms with E-state index in [9.17, 15) is 9.90 Å². The average molecular weight is 503 g/mol. The molecule has 0 atom stereocenters.